The number of rotatable bonds is 5. The van der Waals surface area contributed by atoms with Crippen LogP contribution in [0, 0.1) is 0 Å². The molecule has 3 rings (SSSR count). The molecule has 0 unspecified atom stereocenters. The van der Waals surface area contributed by atoms with Gasteiger partial charge in [-0.3, -0.25) is 9.48 Å². The molecule has 1 aromatic heterocycles. The van der Waals surface area contributed by atoms with Crippen LogP contribution < -0.4 is 0 Å². The Balaban J connectivity index is 1.62. The Kier molecular flexibility index (Phi) is 4.61. The first-order valence-corrected chi connectivity index (χ1v) is 8.41. The Morgan fingerprint density at radius 1 is 1.38 bits per heavy atom. The second-order valence-corrected chi connectivity index (χ2v) is 6.73. The summed E-state index contributed by atoms with van der Waals surface area (Å²) in [4.78, 5) is 13.4. The van der Waals surface area contributed by atoms with Crippen LogP contribution in [0.5, 0.6) is 0 Å². The van der Waals surface area contributed by atoms with Gasteiger partial charge in [0.05, 0.1) is 13.2 Å². The van der Waals surface area contributed by atoms with Crippen LogP contribution in [0.2, 0.25) is 0 Å². The highest BCUT2D eigenvalue weighted by atomic mass is 19.3. The van der Waals surface area contributed by atoms with Crippen molar-refractivity contribution in [3.63, 3.8) is 0 Å². The van der Waals surface area contributed by atoms with Gasteiger partial charge in [-0.2, -0.15) is 13.9 Å². The van der Waals surface area contributed by atoms with Gasteiger partial charge in [0.2, 0.25) is 0 Å². The van der Waals surface area contributed by atoms with E-state index in [4.69, 9.17) is 5.11 Å². The monoisotopic (exact) mass is 343 g/mol. The number of aromatic nitrogens is 2. The SMILES string of the molecule is O=C(N1CCC(c2ccnn2CCO)CC1)C(F)(F)C1(O)CCC1. The molecule has 1 saturated heterocycles. The number of nitrogens with zero attached hydrogens (tertiary/aromatic N) is 3. The lowest BCUT2D eigenvalue weighted by Gasteiger charge is -2.44. The molecule has 0 atom stereocenters. The van der Waals surface area contributed by atoms with Crippen molar-refractivity contribution in [2.24, 2.45) is 0 Å². The van der Waals surface area contributed by atoms with Crippen molar-refractivity contribution in [1.82, 2.24) is 14.7 Å². The van der Waals surface area contributed by atoms with Gasteiger partial charge in [0.25, 0.3) is 5.91 Å². The third-order valence-electron chi connectivity index (χ3n) is 5.30. The van der Waals surface area contributed by atoms with Crippen molar-refractivity contribution in [2.75, 3.05) is 19.7 Å². The van der Waals surface area contributed by atoms with E-state index in [1.807, 2.05) is 6.07 Å². The zero-order valence-electron chi connectivity index (χ0n) is 13.5. The molecular formula is C16H23F2N3O3. The Hall–Kier alpha value is -1.54. The maximum absolute atomic E-state index is 14.3. The molecule has 24 heavy (non-hydrogen) atoms. The number of hydrogen-bond donors (Lipinski definition) is 2. The molecule has 1 aliphatic carbocycles. The lowest BCUT2D eigenvalue weighted by molar-refractivity contribution is -0.224. The van der Waals surface area contributed by atoms with Crippen LogP contribution in [0.3, 0.4) is 0 Å². The number of aliphatic hydroxyl groups is 2. The number of carbonyl (C=O) groups excluding carboxylic acids is 1. The van der Waals surface area contributed by atoms with Crippen LogP contribution in [-0.2, 0) is 11.3 Å². The summed E-state index contributed by atoms with van der Waals surface area (Å²) in [6, 6.07) is 1.86. The number of piperidine rings is 1. The molecule has 0 aromatic carbocycles. The van der Waals surface area contributed by atoms with Crippen molar-refractivity contribution in [3.8, 4) is 0 Å². The fourth-order valence-corrected chi connectivity index (χ4v) is 3.57. The van der Waals surface area contributed by atoms with Gasteiger partial charge in [0.15, 0.2) is 0 Å². The van der Waals surface area contributed by atoms with Crippen LogP contribution in [-0.4, -0.2) is 62.0 Å². The summed E-state index contributed by atoms with van der Waals surface area (Å²) in [7, 11) is 0. The molecule has 1 amide bonds. The molecule has 0 radical (unpaired) electrons. The lowest BCUT2D eigenvalue weighted by atomic mass is 9.74. The van der Waals surface area contributed by atoms with E-state index in [1.54, 1.807) is 10.9 Å². The van der Waals surface area contributed by atoms with Gasteiger partial charge in [-0.05, 0) is 38.2 Å². The summed E-state index contributed by atoms with van der Waals surface area (Å²) < 4.78 is 30.3. The van der Waals surface area contributed by atoms with Crippen molar-refractivity contribution in [2.45, 2.75) is 56.1 Å². The quantitative estimate of drug-likeness (QED) is 0.840. The van der Waals surface area contributed by atoms with Gasteiger partial charge in [-0.1, -0.05) is 0 Å². The molecule has 2 aliphatic rings. The maximum atomic E-state index is 14.3. The topological polar surface area (TPSA) is 78.6 Å². The van der Waals surface area contributed by atoms with Crippen molar-refractivity contribution in [3.05, 3.63) is 18.0 Å². The maximum Gasteiger partial charge on any atom is 0.352 e. The third kappa shape index (κ3) is 2.82. The normalized spacial score (nSPS) is 21.6. The van der Waals surface area contributed by atoms with Crippen molar-refractivity contribution in [1.29, 1.82) is 0 Å². The minimum atomic E-state index is -3.71. The molecule has 2 fully saturated rings. The summed E-state index contributed by atoms with van der Waals surface area (Å²) in [6.07, 6.45) is 3.26. The second-order valence-electron chi connectivity index (χ2n) is 6.73. The number of hydrogen-bond acceptors (Lipinski definition) is 4. The van der Waals surface area contributed by atoms with Gasteiger partial charge in [0.1, 0.15) is 5.60 Å². The smallest absolute Gasteiger partial charge is 0.352 e. The van der Waals surface area contributed by atoms with Gasteiger partial charge >= 0.3 is 5.92 Å². The largest absolute Gasteiger partial charge is 0.394 e. The van der Waals surface area contributed by atoms with E-state index in [0.717, 1.165) is 5.69 Å². The highest BCUT2D eigenvalue weighted by Crippen LogP contribution is 2.45. The molecule has 1 aliphatic heterocycles. The molecule has 6 nitrogen and oxygen atoms in total. The van der Waals surface area contributed by atoms with E-state index in [9.17, 15) is 18.7 Å². The number of carbonyl (C=O) groups is 1. The fraction of sp³-hybridized carbons (Fsp3) is 0.750. The number of likely N-dealkylation sites (tertiary alicyclic amines) is 1. The predicted octanol–water partition coefficient (Wildman–Crippen LogP) is 1.13. The number of alkyl halides is 2. The van der Waals surface area contributed by atoms with E-state index in [-0.39, 0.29) is 38.5 Å². The lowest BCUT2D eigenvalue weighted by Crippen LogP contribution is -2.62. The van der Waals surface area contributed by atoms with Crippen LogP contribution >= 0.6 is 0 Å². The highest BCUT2D eigenvalue weighted by Gasteiger charge is 2.62. The van der Waals surface area contributed by atoms with Gasteiger partial charge in [-0.25, -0.2) is 0 Å². The minimum absolute atomic E-state index is 0.0170. The van der Waals surface area contributed by atoms with Crippen LogP contribution in [0.4, 0.5) is 8.78 Å². The molecule has 2 N–H and O–H groups in total. The first kappa shape index (κ1) is 17.3. The molecular weight excluding hydrogens is 320 g/mol. The highest BCUT2D eigenvalue weighted by molar-refractivity contribution is 5.85. The zero-order chi connectivity index (χ0) is 17.4. The second kappa shape index (κ2) is 6.40. The number of amides is 1. The van der Waals surface area contributed by atoms with Crippen molar-refractivity contribution >= 4 is 5.91 Å². The Morgan fingerprint density at radius 3 is 2.58 bits per heavy atom. The van der Waals surface area contributed by atoms with Crippen molar-refractivity contribution < 1.29 is 23.8 Å². The van der Waals surface area contributed by atoms with Gasteiger partial charge in [0, 0.05) is 30.9 Å². The molecule has 2 heterocycles. The summed E-state index contributed by atoms with van der Waals surface area (Å²) in [5, 5.41) is 23.1. The number of halogens is 2. The first-order chi connectivity index (χ1) is 11.4. The average molecular weight is 343 g/mol. The van der Waals surface area contributed by atoms with E-state index < -0.39 is 17.4 Å². The molecule has 0 spiro atoms. The Labute approximate surface area is 139 Å². The van der Waals surface area contributed by atoms with Gasteiger partial charge in [-0.15, -0.1) is 0 Å². The fourth-order valence-electron chi connectivity index (χ4n) is 3.57. The zero-order valence-corrected chi connectivity index (χ0v) is 13.5. The van der Waals surface area contributed by atoms with Crippen LogP contribution in [0.15, 0.2) is 12.3 Å². The minimum Gasteiger partial charge on any atom is -0.394 e. The van der Waals surface area contributed by atoms with E-state index in [0.29, 0.717) is 25.8 Å². The van der Waals surface area contributed by atoms with E-state index in [1.165, 1.54) is 4.90 Å². The summed E-state index contributed by atoms with van der Waals surface area (Å²) >= 11 is 0. The summed E-state index contributed by atoms with van der Waals surface area (Å²) in [6.45, 7) is 0.850. The van der Waals surface area contributed by atoms with E-state index in [2.05, 4.69) is 5.10 Å². The number of aliphatic hydroxyl groups excluding tert-OH is 1. The Morgan fingerprint density at radius 2 is 2.04 bits per heavy atom. The molecule has 1 aromatic rings. The average Bonchev–Trinajstić information content (AvgIpc) is 3.00. The first-order valence-electron chi connectivity index (χ1n) is 8.41. The van der Waals surface area contributed by atoms with Crippen LogP contribution in [0.25, 0.3) is 0 Å². The van der Waals surface area contributed by atoms with E-state index >= 15 is 0 Å². The molecule has 1 saturated carbocycles. The molecule has 8 heteroatoms. The standard InChI is InChI=1S/C16H23F2N3O3/c17-16(18,15(24)5-1-6-15)14(23)20-8-3-12(4-9-20)13-2-7-19-21(13)10-11-22/h2,7,12,22,24H,1,3-6,8-11H2. The summed E-state index contributed by atoms with van der Waals surface area (Å²) in [5.41, 5.74) is -1.21. The molecule has 0 bridgehead atoms. The summed E-state index contributed by atoms with van der Waals surface area (Å²) in [5.74, 6) is -4.84. The Bertz CT molecular complexity index is 593. The van der Waals surface area contributed by atoms with Gasteiger partial charge < -0.3 is 15.1 Å². The predicted molar refractivity (Wildman–Crippen MR) is 81.6 cm³/mol. The third-order valence-corrected chi connectivity index (χ3v) is 5.30. The van der Waals surface area contributed by atoms with Crippen LogP contribution in [0.1, 0.15) is 43.7 Å². The molecule has 134 valence electrons.